The fourth-order valence-electron chi connectivity index (χ4n) is 4.17. The number of benzene rings is 2. The van der Waals surface area contributed by atoms with Gasteiger partial charge in [-0.3, -0.25) is 0 Å². The average molecular weight is 424 g/mol. The van der Waals surface area contributed by atoms with Crippen molar-refractivity contribution in [3.8, 4) is 0 Å². The zero-order chi connectivity index (χ0) is 21.6. The molecular weight excluding hydrogens is 390 g/mol. The van der Waals surface area contributed by atoms with E-state index in [1.54, 1.807) is 7.11 Å². The van der Waals surface area contributed by atoms with Gasteiger partial charge in [0.2, 0.25) is 0 Å². The Kier molecular flexibility index (Phi) is 6.99. The molecule has 0 bridgehead atoms. The number of morpholine rings is 2. The number of rotatable bonds is 6. The number of ether oxygens (including phenoxy) is 3. The van der Waals surface area contributed by atoms with E-state index in [4.69, 9.17) is 14.2 Å². The van der Waals surface area contributed by atoms with Gasteiger partial charge < -0.3 is 28.9 Å². The Bertz CT molecular complexity index is 868. The highest BCUT2D eigenvalue weighted by atomic mass is 16.5. The van der Waals surface area contributed by atoms with E-state index in [1.165, 1.54) is 11.4 Å². The molecule has 2 aliphatic rings. The van der Waals surface area contributed by atoms with Gasteiger partial charge in [0.15, 0.2) is 0 Å². The molecule has 166 valence electrons. The molecule has 2 heterocycles. The van der Waals surface area contributed by atoms with Crippen LogP contribution in [0.3, 0.4) is 0 Å². The molecule has 4 rings (SSSR count). The van der Waals surface area contributed by atoms with E-state index in [0.717, 1.165) is 75.3 Å². The summed E-state index contributed by atoms with van der Waals surface area (Å²) in [5.41, 5.74) is 5.75. The summed E-state index contributed by atoms with van der Waals surface area (Å²) in [6.07, 6.45) is 0. The van der Waals surface area contributed by atoms with Crippen molar-refractivity contribution in [1.82, 2.24) is 0 Å². The molecule has 2 aromatic carbocycles. The van der Waals surface area contributed by atoms with Crippen LogP contribution in [0.5, 0.6) is 0 Å². The van der Waals surface area contributed by atoms with E-state index in [9.17, 15) is 0 Å². The van der Waals surface area contributed by atoms with Crippen molar-refractivity contribution in [2.45, 2.75) is 6.92 Å². The third-order valence-electron chi connectivity index (χ3n) is 6.15. The van der Waals surface area contributed by atoms with Crippen LogP contribution in [0.2, 0.25) is 0 Å². The van der Waals surface area contributed by atoms with Crippen LogP contribution in [0.15, 0.2) is 54.2 Å². The Morgan fingerprint density at radius 3 is 1.68 bits per heavy atom. The van der Waals surface area contributed by atoms with Gasteiger partial charge in [-0.15, -0.1) is 0 Å². The molecule has 0 unspecified atom stereocenters. The van der Waals surface area contributed by atoms with Gasteiger partial charge in [0, 0.05) is 55.9 Å². The summed E-state index contributed by atoms with van der Waals surface area (Å²) in [7, 11) is 3.82. The van der Waals surface area contributed by atoms with E-state index in [-0.39, 0.29) is 0 Å². The van der Waals surface area contributed by atoms with Crippen molar-refractivity contribution in [2.75, 3.05) is 81.5 Å². The summed E-state index contributed by atoms with van der Waals surface area (Å²) < 4.78 is 16.7. The SMILES string of the molecule is CO/C(=C(\C)N(C)c1ccc(N2CCOCC2)cc1)c1ccc(N2CCOCC2)cc1. The van der Waals surface area contributed by atoms with Crippen LogP contribution >= 0.6 is 0 Å². The van der Waals surface area contributed by atoms with Gasteiger partial charge in [0.1, 0.15) is 5.76 Å². The van der Waals surface area contributed by atoms with Gasteiger partial charge in [0.25, 0.3) is 0 Å². The lowest BCUT2D eigenvalue weighted by Crippen LogP contribution is -2.36. The van der Waals surface area contributed by atoms with E-state index in [0.29, 0.717) is 0 Å². The molecule has 2 saturated heterocycles. The maximum atomic E-state index is 5.83. The lowest BCUT2D eigenvalue weighted by Gasteiger charge is -2.30. The van der Waals surface area contributed by atoms with E-state index < -0.39 is 0 Å². The molecule has 0 spiro atoms. The lowest BCUT2D eigenvalue weighted by molar-refractivity contribution is 0.122. The van der Waals surface area contributed by atoms with Gasteiger partial charge in [0.05, 0.1) is 39.2 Å². The number of nitrogens with zero attached hydrogens (tertiary/aromatic N) is 3. The maximum Gasteiger partial charge on any atom is 0.145 e. The summed E-state index contributed by atoms with van der Waals surface area (Å²) in [6, 6.07) is 17.3. The summed E-state index contributed by atoms with van der Waals surface area (Å²) in [4.78, 5) is 6.91. The van der Waals surface area contributed by atoms with Gasteiger partial charge in [-0.05, 0) is 55.5 Å². The molecule has 2 fully saturated rings. The Morgan fingerprint density at radius 1 is 0.774 bits per heavy atom. The second kappa shape index (κ2) is 10.1. The highest BCUT2D eigenvalue weighted by Crippen LogP contribution is 2.28. The molecule has 0 radical (unpaired) electrons. The average Bonchev–Trinajstić information content (AvgIpc) is 2.85. The Labute approximate surface area is 185 Å². The first-order chi connectivity index (χ1) is 15.2. The van der Waals surface area contributed by atoms with Gasteiger partial charge in [-0.25, -0.2) is 0 Å². The molecule has 6 nitrogen and oxygen atoms in total. The van der Waals surface area contributed by atoms with Crippen LogP contribution in [0.1, 0.15) is 12.5 Å². The van der Waals surface area contributed by atoms with Gasteiger partial charge in [-0.1, -0.05) is 0 Å². The first-order valence-corrected chi connectivity index (χ1v) is 11.0. The van der Waals surface area contributed by atoms with Crippen molar-refractivity contribution in [3.05, 3.63) is 59.8 Å². The van der Waals surface area contributed by atoms with Crippen molar-refractivity contribution >= 4 is 22.8 Å². The highest BCUT2D eigenvalue weighted by molar-refractivity contribution is 5.70. The van der Waals surface area contributed by atoms with Crippen LogP contribution < -0.4 is 14.7 Å². The van der Waals surface area contributed by atoms with Crippen molar-refractivity contribution in [2.24, 2.45) is 0 Å². The Morgan fingerprint density at radius 2 is 1.23 bits per heavy atom. The molecule has 6 heteroatoms. The molecule has 0 aromatic heterocycles. The highest BCUT2D eigenvalue weighted by Gasteiger charge is 2.16. The molecule has 0 amide bonds. The minimum absolute atomic E-state index is 0.791. The molecular formula is C25H33N3O3. The van der Waals surface area contributed by atoms with Crippen LogP contribution in [0, 0.1) is 0 Å². The third kappa shape index (κ3) is 4.97. The number of anilines is 3. The topological polar surface area (TPSA) is 37.4 Å². The lowest BCUT2D eigenvalue weighted by atomic mass is 10.1. The quantitative estimate of drug-likeness (QED) is 0.658. The van der Waals surface area contributed by atoms with Crippen LogP contribution in [0.4, 0.5) is 17.1 Å². The normalized spacial score (nSPS) is 17.9. The van der Waals surface area contributed by atoms with Crippen LogP contribution in [0.25, 0.3) is 5.76 Å². The number of methoxy groups -OCH3 is 1. The Balaban J connectivity index is 1.50. The van der Waals surface area contributed by atoms with Gasteiger partial charge in [-0.2, -0.15) is 0 Å². The van der Waals surface area contributed by atoms with E-state index in [2.05, 4.69) is 77.2 Å². The standard InChI is InChI=1S/C25H33N3O3/c1-20(26(2)22-8-10-24(11-9-22)28-14-18-31-19-15-28)25(29-3)21-4-6-23(7-5-21)27-12-16-30-17-13-27/h4-11H,12-19H2,1-3H3/b25-20+. The first-order valence-electron chi connectivity index (χ1n) is 11.0. The van der Waals surface area contributed by atoms with Crippen LogP contribution in [-0.4, -0.2) is 66.8 Å². The second-order valence-corrected chi connectivity index (χ2v) is 7.94. The molecule has 31 heavy (non-hydrogen) atoms. The molecule has 0 atom stereocenters. The first kappa shape index (κ1) is 21.5. The minimum atomic E-state index is 0.791. The van der Waals surface area contributed by atoms with E-state index >= 15 is 0 Å². The van der Waals surface area contributed by atoms with Gasteiger partial charge >= 0.3 is 0 Å². The third-order valence-corrected chi connectivity index (χ3v) is 6.15. The summed E-state index contributed by atoms with van der Waals surface area (Å²) in [6.45, 7) is 9.05. The second-order valence-electron chi connectivity index (χ2n) is 7.94. The van der Waals surface area contributed by atoms with E-state index in [1.807, 2.05) is 0 Å². The number of allylic oxidation sites excluding steroid dienone is 1. The Hall–Kier alpha value is -2.70. The summed E-state index contributed by atoms with van der Waals surface area (Å²) in [5, 5.41) is 0. The monoisotopic (exact) mass is 423 g/mol. The smallest absolute Gasteiger partial charge is 0.145 e. The zero-order valence-electron chi connectivity index (χ0n) is 18.8. The predicted molar refractivity (Wildman–Crippen MR) is 127 cm³/mol. The van der Waals surface area contributed by atoms with Crippen LogP contribution in [-0.2, 0) is 14.2 Å². The minimum Gasteiger partial charge on any atom is -0.494 e. The predicted octanol–water partition coefficient (Wildman–Crippen LogP) is 3.83. The van der Waals surface area contributed by atoms with Crippen molar-refractivity contribution in [3.63, 3.8) is 0 Å². The van der Waals surface area contributed by atoms with Crippen molar-refractivity contribution in [1.29, 1.82) is 0 Å². The fourth-order valence-corrected chi connectivity index (χ4v) is 4.17. The zero-order valence-corrected chi connectivity index (χ0v) is 18.8. The largest absolute Gasteiger partial charge is 0.494 e. The molecule has 2 aliphatic heterocycles. The maximum absolute atomic E-state index is 5.83. The number of hydrogen-bond acceptors (Lipinski definition) is 6. The summed E-state index contributed by atoms with van der Waals surface area (Å²) in [5.74, 6) is 0.883. The number of hydrogen-bond donors (Lipinski definition) is 0. The summed E-state index contributed by atoms with van der Waals surface area (Å²) >= 11 is 0. The molecule has 0 saturated carbocycles. The van der Waals surface area contributed by atoms with Crippen molar-refractivity contribution < 1.29 is 14.2 Å². The molecule has 0 N–H and O–H groups in total. The fraction of sp³-hybridized carbons (Fsp3) is 0.440. The molecule has 2 aromatic rings. The molecule has 0 aliphatic carbocycles.